The van der Waals surface area contributed by atoms with Gasteiger partial charge in [-0.15, -0.1) is 11.3 Å². The second kappa shape index (κ2) is 4.00. The van der Waals surface area contributed by atoms with Crippen molar-refractivity contribution in [2.45, 2.75) is 6.42 Å². The second-order valence-electron chi connectivity index (χ2n) is 4.11. The zero-order valence-corrected chi connectivity index (χ0v) is 10.2. The number of rotatable bonds is 2. The third-order valence-electron chi connectivity index (χ3n) is 2.95. The molecule has 0 bridgehead atoms. The van der Waals surface area contributed by atoms with Gasteiger partial charge >= 0.3 is 0 Å². The van der Waals surface area contributed by atoms with Crippen LogP contribution < -0.4 is 0 Å². The molecule has 0 fully saturated rings. The Morgan fingerprint density at radius 2 is 2.12 bits per heavy atom. The predicted octanol–water partition coefficient (Wildman–Crippen LogP) is 3.97. The van der Waals surface area contributed by atoms with Gasteiger partial charge in [0.1, 0.15) is 5.82 Å². The molecule has 1 nitrogen and oxygen atoms in total. The van der Waals surface area contributed by atoms with Crippen LogP contribution in [0.4, 0.5) is 4.39 Å². The Bertz CT molecular complexity index is 714. The first-order chi connectivity index (χ1) is 8.65. The molecule has 0 saturated carbocycles. The van der Waals surface area contributed by atoms with Crippen LogP contribution in [0.15, 0.2) is 41.9 Å². The van der Waals surface area contributed by atoms with Crippen LogP contribution in [-0.2, 0) is 13.5 Å². The molecule has 0 saturated heterocycles. The molecule has 0 aliphatic rings. The molecule has 0 spiro atoms. The molecule has 2 aromatic heterocycles. The van der Waals surface area contributed by atoms with Crippen molar-refractivity contribution in [3.8, 4) is 0 Å². The SMILES string of the molecule is [2H]c1cc2c(s1)c(Cc1ccccc1F)cn2C. The van der Waals surface area contributed by atoms with Gasteiger partial charge in [0.2, 0.25) is 0 Å². The summed E-state index contributed by atoms with van der Waals surface area (Å²) >= 11 is 1.45. The summed E-state index contributed by atoms with van der Waals surface area (Å²) in [4.78, 5) is 0. The lowest BCUT2D eigenvalue weighted by atomic mass is 10.1. The van der Waals surface area contributed by atoms with E-state index in [1.54, 1.807) is 6.07 Å². The van der Waals surface area contributed by atoms with Gasteiger partial charge in [0.15, 0.2) is 0 Å². The summed E-state index contributed by atoms with van der Waals surface area (Å²) < 4.78 is 24.4. The number of aromatic nitrogens is 1. The number of hydrogen-bond acceptors (Lipinski definition) is 1. The first-order valence-electron chi connectivity index (χ1n) is 5.93. The summed E-state index contributed by atoms with van der Waals surface area (Å²) in [5.74, 6) is -0.169. The molecule has 0 aliphatic carbocycles. The fourth-order valence-corrected chi connectivity index (χ4v) is 2.94. The molecular weight excluding hydrogens is 233 g/mol. The molecule has 0 amide bonds. The van der Waals surface area contributed by atoms with E-state index < -0.39 is 0 Å². The van der Waals surface area contributed by atoms with Gasteiger partial charge in [0.25, 0.3) is 0 Å². The van der Waals surface area contributed by atoms with Crippen LogP contribution in [0.3, 0.4) is 0 Å². The van der Waals surface area contributed by atoms with E-state index in [1.165, 1.54) is 17.4 Å². The average molecular weight is 246 g/mol. The van der Waals surface area contributed by atoms with Crippen LogP contribution in [0.1, 0.15) is 12.5 Å². The Kier molecular flexibility index (Phi) is 2.22. The van der Waals surface area contributed by atoms with E-state index in [0.717, 1.165) is 15.8 Å². The van der Waals surface area contributed by atoms with Crippen LogP contribution in [0.2, 0.25) is 0 Å². The Morgan fingerprint density at radius 1 is 1.29 bits per heavy atom. The van der Waals surface area contributed by atoms with Gasteiger partial charge in [-0.25, -0.2) is 4.39 Å². The van der Waals surface area contributed by atoms with Crippen LogP contribution in [0, 0.1) is 5.82 Å². The number of hydrogen-bond donors (Lipinski definition) is 0. The number of benzene rings is 1. The quantitative estimate of drug-likeness (QED) is 0.645. The van der Waals surface area contributed by atoms with E-state index in [0.29, 0.717) is 17.3 Å². The molecule has 86 valence electrons. The Morgan fingerprint density at radius 3 is 2.94 bits per heavy atom. The lowest BCUT2D eigenvalue weighted by Gasteiger charge is -2.00. The van der Waals surface area contributed by atoms with Crippen molar-refractivity contribution >= 4 is 21.6 Å². The van der Waals surface area contributed by atoms with E-state index >= 15 is 0 Å². The van der Waals surface area contributed by atoms with Gasteiger partial charge in [-0.3, -0.25) is 0 Å². The molecular formula is C14H12FNS. The number of nitrogens with zero attached hydrogens (tertiary/aromatic N) is 1. The first-order valence-corrected chi connectivity index (χ1v) is 6.24. The van der Waals surface area contributed by atoms with Crippen molar-refractivity contribution < 1.29 is 5.76 Å². The van der Waals surface area contributed by atoms with Crippen LogP contribution in [0.25, 0.3) is 10.2 Å². The maximum atomic E-state index is 13.6. The van der Waals surface area contributed by atoms with Gasteiger partial charge in [-0.05, 0) is 28.6 Å². The molecule has 17 heavy (non-hydrogen) atoms. The molecule has 0 aliphatic heterocycles. The minimum atomic E-state index is -0.169. The summed E-state index contributed by atoms with van der Waals surface area (Å²) in [6.45, 7) is 0. The van der Waals surface area contributed by atoms with Gasteiger partial charge in [0.05, 0.1) is 11.6 Å². The first kappa shape index (κ1) is 9.42. The van der Waals surface area contributed by atoms with Gasteiger partial charge < -0.3 is 4.57 Å². The molecule has 0 N–H and O–H groups in total. The smallest absolute Gasteiger partial charge is 0.126 e. The standard InChI is InChI=1S/C14H12FNS/c1-16-9-11(14-13(16)6-7-17-14)8-10-4-2-3-5-12(10)15/h2-7,9H,8H2,1H3/i7D. The van der Waals surface area contributed by atoms with E-state index in [2.05, 4.69) is 0 Å². The van der Waals surface area contributed by atoms with Crippen molar-refractivity contribution in [3.05, 3.63) is 58.8 Å². The molecule has 1 aromatic carbocycles. The van der Waals surface area contributed by atoms with E-state index in [1.807, 2.05) is 36.0 Å². The summed E-state index contributed by atoms with van der Waals surface area (Å²) in [5.41, 5.74) is 2.84. The highest BCUT2D eigenvalue weighted by Gasteiger charge is 2.10. The zero-order chi connectivity index (χ0) is 12.7. The minimum Gasteiger partial charge on any atom is -0.350 e. The summed E-state index contributed by atoms with van der Waals surface area (Å²) in [6.07, 6.45) is 2.59. The topological polar surface area (TPSA) is 4.93 Å². The van der Waals surface area contributed by atoms with Crippen LogP contribution in [0.5, 0.6) is 0 Å². The zero-order valence-electron chi connectivity index (χ0n) is 10.4. The monoisotopic (exact) mass is 246 g/mol. The highest BCUT2D eigenvalue weighted by Crippen LogP contribution is 2.28. The molecule has 3 rings (SSSR count). The normalized spacial score (nSPS) is 12.0. The van der Waals surface area contributed by atoms with E-state index in [-0.39, 0.29) is 5.82 Å². The third kappa shape index (κ3) is 1.76. The maximum Gasteiger partial charge on any atom is 0.126 e. The lowest BCUT2D eigenvalue weighted by Crippen LogP contribution is -1.91. The average Bonchev–Trinajstić information content (AvgIpc) is 2.83. The fourth-order valence-electron chi connectivity index (χ4n) is 2.09. The number of aryl methyl sites for hydroxylation is 1. The summed E-state index contributed by atoms with van der Waals surface area (Å²) in [7, 11) is 1.96. The predicted molar refractivity (Wildman–Crippen MR) is 70.0 cm³/mol. The molecule has 0 atom stereocenters. The molecule has 0 unspecified atom stereocenters. The Labute approximate surface area is 105 Å². The van der Waals surface area contributed by atoms with Crippen molar-refractivity contribution in [1.82, 2.24) is 4.57 Å². The molecule has 3 aromatic rings. The molecule has 0 radical (unpaired) electrons. The van der Waals surface area contributed by atoms with Crippen molar-refractivity contribution in [2.24, 2.45) is 7.05 Å². The number of fused-ring (bicyclic) bond motifs is 1. The van der Waals surface area contributed by atoms with Crippen molar-refractivity contribution in [2.75, 3.05) is 0 Å². The number of halogens is 1. The second-order valence-corrected chi connectivity index (χ2v) is 4.96. The van der Waals surface area contributed by atoms with Crippen molar-refractivity contribution in [3.63, 3.8) is 0 Å². The van der Waals surface area contributed by atoms with Gasteiger partial charge in [-0.1, -0.05) is 18.2 Å². The lowest BCUT2D eigenvalue weighted by molar-refractivity contribution is 0.614. The third-order valence-corrected chi connectivity index (χ3v) is 3.86. The Hall–Kier alpha value is -1.61. The highest BCUT2D eigenvalue weighted by molar-refractivity contribution is 7.17. The molecule has 3 heteroatoms. The fraction of sp³-hybridized carbons (Fsp3) is 0.143. The Balaban J connectivity index is 2.07. The maximum absolute atomic E-state index is 13.6. The number of thiophene rings is 1. The summed E-state index contributed by atoms with van der Waals surface area (Å²) in [5, 5.41) is 0.547. The van der Waals surface area contributed by atoms with E-state index in [9.17, 15) is 4.39 Å². The van der Waals surface area contributed by atoms with Gasteiger partial charge in [-0.2, -0.15) is 0 Å². The van der Waals surface area contributed by atoms with Gasteiger partial charge in [0, 0.05) is 19.7 Å². The van der Waals surface area contributed by atoms with E-state index in [4.69, 9.17) is 1.37 Å². The van der Waals surface area contributed by atoms with Crippen LogP contribution in [-0.4, -0.2) is 4.57 Å². The largest absolute Gasteiger partial charge is 0.350 e. The van der Waals surface area contributed by atoms with Crippen LogP contribution >= 0.6 is 11.3 Å². The summed E-state index contributed by atoms with van der Waals surface area (Å²) in [6, 6.07) is 8.70. The molecule has 2 heterocycles. The van der Waals surface area contributed by atoms with Crippen molar-refractivity contribution in [1.29, 1.82) is 0 Å². The minimum absolute atomic E-state index is 0.169. The highest BCUT2D eigenvalue weighted by atomic mass is 32.1.